The number of nitrogens with zero attached hydrogens (tertiary/aromatic N) is 1. The fourth-order valence-electron chi connectivity index (χ4n) is 5.24. The van der Waals surface area contributed by atoms with Gasteiger partial charge < -0.3 is 16.8 Å². The molecule has 0 aromatic heterocycles. The van der Waals surface area contributed by atoms with Gasteiger partial charge in [-0.25, -0.2) is 0 Å². The third kappa shape index (κ3) is 3.89. The van der Waals surface area contributed by atoms with E-state index >= 15 is 0 Å². The van der Waals surface area contributed by atoms with Gasteiger partial charge in [-0.15, -0.1) is 0 Å². The topological polar surface area (TPSA) is 84.4 Å². The molecule has 1 heterocycles. The number of hydrogen-bond donors (Lipinski definition) is 3. The zero-order chi connectivity index (χ0) is 20.3. The molecule has 2 atom stereocenters. The SMILES string of the molecule is NC(=O)C1(Nc2ccccc2)CCN(C2(N)CCCCC2c2ccccc2)CC1. The Hall–Kier alpha value is -2.37. The Morgan fingerprint density at radius 3 is 2.17 bits per heavy atom. The van der Waals surface area contributed by atoms with E-state index in [9.17, 15) is 4.79 Å². The van der Waals surface area contributed by atoms with E-state index in [0.717, 1.165) is 38.0 Å². The molecule has 2 unspecified atom stereocenters. The lowest BCUT2D eigenvalue weighted by Gasteiger charge is -2.53. The summed E-state index contributed by atoms with van der Waals surface area (Å²) in [6, 6.07) is 20.5. The van der Waals surface area contributed by atoms with Crippen molar-refractivity contribution < 1.29 is 4.79 Å². The van der Waals surface area contributed by atoms with Crippen molar-refractivity contribution in [2.24, 2.45) is 11.5 Å². The van der Waals surface area contributed by atoms with Gasteiger partial charge in [-0.2, -0.15) is 0 Å². The number of hydrogen-bond acceptors (Lipinski definition) is 4. The highest BCUT2D eigenvalue weighted by molar-refractivity contribution is 5.88. The highest BCUT2D eigenvalue weighted by Gasteiger charge is 2.48. The number of carbonyl (C=O) groups is 1. The molecule has 0 bridgehead atoms. The number of primary amides is 1. The van der Waals surface area contributed by atoms with Crippen molar-refractivity contribution >= 4 is 11.6 Å². The molecule has 5 N–H and O–H groups in total. The maximum Gasteiger partial charge on any atom is 0.243 e. The summed E-state index contributed by atoms with van der Waals surface area (Å²) in [5, 5.41) is 3.43. The molecule has 1 saturated heterocycles. The molecule has 0 spiro atoms. The number of piperidine rings is 1. The van der Waals surface area contributed by atoms with Crippen LogP contribution in [0.2, 0.25) is 0 Å². The summed E-state index contributed by atoms with van der Waals surface area (Å²) in [6.45, 7) is 1.53. The fraction of sp³-hybridized carbons (Fsp3) is 0.458. The Bertz CT molecular complexity index is 817. The van der Waals surface area contributed by atoms with Crippen molar-refractivity contribution in [3.05, 3.63) is 66.2 Å². The molecule has 2 aromatic carbocycles. The zero-order valence-electron chi connectivity index (χ0n) is 17.0. The van der Waals surface area contributed by atoms with Gasteiger partial charge in [0.25, 0.3) is 0 Å². The first-order chi connectivity index (χ1) is 14.0. The maximum absolute atomic E-state index is 12.4. The number of para-hydroxylation sites is 1. The van der Waals surface area contributed by atoms with Crippen molar-refractivity contribution in [3.8, 4) is 0 Å². The lowest BCUT2D eigenvalue weighted by atomic mass is 9.73. The number of carbonyl (C=O) groups excluding carboxylic acids is 1. The molecule has 2 aromatic rings. The third-order valence-electron chi connectivity index (χ3n) is 6.96. The van der Waals surface area contributed by atoms with E-state index in [0.29, 0.717) is 18.8 Å². The average Bonchev–Trinajstić information content (AvgIpc) is 2.76. The molecule has 29 heavy (non-hydrogen) atoms. The largest absolute Gasteiger partial charge is 0.371 e. The Morgan fingerprint density at radius 1 is 0.931 bits per heavy atom. The Morgan fingerprint density at radius 2 is 1.55 bits per heavy atom. The van der Waals surface area contributed by atoms with Crippen molar-refractivity contribution in [2.75, 3.05) is 18.4 Å². The normalized spacial score (nSPS) is 27.3. The van der Waals surface area contributed by atoms with Crippen LogP contribution in [0.25, 0.3) is 0 Å². The molecule has 5 nitrogen and oxygen atoms in total. The van der Waals surface area contributed by atoms with Gasteiger partial charge in [0.2, 0.25) is 5.91 Å². The van der Waals surface area contributed by atoms with Gasteiger partial charge >= 0.3 is 0 Å². The minimum Gasteiger partial charge on any atom is -0.371 e. The lowest BCUT2D eigenvalue weighted by molar-refractivity contribution is -0.124. The van der Waals surface area contributed by atoms with Crippen LogP contribution < -0.4 is 16.8 Å². The summed E-state index contributed by atoms with van der Waals surface area (Å²) < 4.78 is 0. The van der Waals surface area contributed by atoms with Gasteiger partial charge in [0.15, 0.2) is 0 Å². The molecule has 1 aliphatic heterocycles. The number of amides is 1. The second-order valence-corrected chi connectivity index (χ2v) is 8.62. The minimum atomic E-state index is -0.717. The Balaban J connectivity index is 1.53. The van der Waals surface area contributed by atoms with E-state index < -0.39 is 5.54 Å². The van der Waals surface area contributed by atoms with Crippen molar-refractivity contribution in [3.63, 3.8) is 0 Å². The second-order valence-electron chi connectivity index (χ2n) is 8.62. The van der Waals surface area contributed by atoms with Gasteiger partial charge in [-0.3, -0.25) is 9.69 Å². The maximum atomic E-state index is 12.4. The van der Waals surface area contributed by atoms with Crippen molar-refractivity contribution in [1.29, 1.82) is 0 Å². The average molecular weight is 393 g/mol. The van der Waals surface area contributed by atoms with Gasteiger partial charge in [-0.05, 0) is 43.4 Å². The monoisotopic (exact) mass is 392 g/mol. The number of anilines is 1. The summed E-state index contributed by atoms with van der Waals surface area (Å²) in [5.74, 6) is 0.0379. The van der Waals surface area contributed by atoms with Crippen LogP contribution >= 0.6 is 0 Å². The van der Waals surface area contributed by atoms with Crippen LogP contribution in [0.1, 0.15) is 50.0 Å². The molecule has 4 rings (SSSR count). The summed E-state index contributed by atoms with van der Waals surface area (Å²) >= 11 is 0. The molecule has 1 amide bonds. The molecular formula is C24H32N4O. The van der Waals surface area contributed by atoms with Crippen LogP contribution in [-0.2, 0) is 4.79 Å². The highest BCUT2D eigenvalue weighted by atomic mass is 16.1. The lowest BCUT2D eigenvalue weighted by Crippen LogP contribution is -2.66. The summed E-state index contributed by atoms with van der Waals surface area (Å²) in [6.07, 6.45) is 5.80. The minimum absolute atomic E-state index is 0.282. The van der Waals surface area contributed by atoms with Crippen molar-refractivity contribution in [2.45, 2.75) is 55.6 Å². The van der Waals surface area contributed by atoms with Crippen LogP contribution in [0.15, 0.2) is 60.7 Å². The number of nitrogens with two attached hydrogens (primary N) is 2. The van der Waals surface area contributed by atoms with E-state index in [2.05, 4.69) is 40.5 Å². The molecular weight excluding hydrogens is 360 g/mol. The number of likely N-dealkylation sites (tertiary alicyclic amines) is 1. The molecule has 1 aliphatic carbocycles. The summed E-state index contributed by atoms with van der Waals surface area (Å²) in [4.78, 5) is 14.9. The molecule has 5 heteroatoms. The predicted molar refractivity (Wildman–Crippen MR) is 117 cm³/mol. The summed E-state index contributed by atoms with van der Waals surface area (Å²) in [7, 11) is 0. The van der Waals surface area contributed by atoms with Gasteiger partial charge in [0.05, 0.1) is 5.66 Å². The second kappa shape index (κ2) is 8.17. The van der Waals surface area contributed by atoms with E-state index in [1.807, 2.05) is 30.3 Å². The number of nitrogens with one attached hydrogen (secondary N) is 1. The quantitative estimate of drug-likeness (QED) is 0.728. The third-order valence-corrected chi connectivity index (χ3v) is 6.96. The Kier molecular flexibility index (Phi) is 5.61. The van der Waals surface area contributed by atoms with E-state index in [4.69, 9.17) is 11.5 Å². The first-order valence-electron chi connectivity index (χ1n) is 10.8. The van der Waals surface area contributed by atoms with Crippen molar-refractivity contribution in [1.82, 2.24) is 4.90 Å². The van der Waals surface area contributed by atoms with Gasteiger partial charge in [0.1, 0.15) is 5.54 Å². The first kappa shape index (κ1) is 19.9. The highest BCUT2D eigenvalue weighted by Crippen LogP contribution is 2.43. The van der Waals surface area contributed by atoms with Gasteiger partial charge in [0, 0.05) is 24.7 Å². The fourth-order valence-corrected chi connectivity index (χ4v) is 5.24. The van der Waals surface area contributed by atoms with Crippen LogP contribution in [0.4, 0.5) is 5.69 Å². The molecule has 154 valence electrons. The van der Waals surface area contributed by atoms with Crippen LogP contribution in [0.3, 0.4) is 0 Å². The van der Waals surface area contributed by atoms with Crippen LogP contribution in [0, 0.1) is 0 Å². The molecule has 0 radical (unpaired) electrons. The smallest absolute Gasteiger partial charge is 0.243 e. The molecule has 2 fully saturated rings. The number of rotatable bonds is 5. The first-order valence-corrected chi connectivity index (χ1v) is 10.8. The van der Waals surface area contributed by atoms with Crippen LogP contribution in [-0.4, -0.2) is 35.1 Å². The van der Waals surface area contributed by atoms with E-state index in [1.165, 1.54) is 12.0 Å². The van der Waals surface area contributed by atoms with Gasteiger partial charge in [-0.1, -0.05) is 61.4 Å². The summed E-state index contributed by atoms with van der Waals surface area (Å²) in [5.41, 5.74) is 14.2. The van der Waals surface area contributed by atoms with E-state index in [1.54, 1.807) is 0 Å². The molecule has 2 aliphatic rings. The standard InChI is InChI=1S/C24H32N4O/c25-22(29)23(27-20-11-5-2-6-12-20)15-17-28(18-16-23)24(26)14-8-7-13-21(24)19-9-3-1-4-10-19/h1-6,9-12,21,27H,7-8,13-18,26H2,(H2,25,29). The Labute approximate surface area is 173 Å². The zero-order valence-corrected chi connectivity index (χ0v) is 17.0. The van der Waals surface area contributed by atoms with Crippen LogP contribution in [0.5, 0.6) is 0 Å². The number of benzene rings is 2. The molecule has 1 saturated carbocycles. The predicted octanol–water partition coefficient (Wildman–Crippen LogP) is 3.43. The van der Waals surface area contributed by atoms with E-state index in [-0.39, 0.29) is 11.6 Å².